The maximum absolute atomic E-state index is 12.0. The average molecular weight is 427 g/mol. The van der Waals surface area contributed by atoms with Gasteiger partial charge in [-0.25, -0.2) is 4.98 Å². The van der Waals surface area contributed by atoms with Crippen molar-refractivity contribution in [2.24, 2.45) is 0 Å². The molecule has 7 heteroatoms. The van der Waals surface area contributed by atoms with Crippen molar-refractivity contribution in [3.63, 3.8) is 0 Å². The van der Waals surface area contributed by atoms with Crippen molar-refractivity contribution in [2.45, 2.75) is 26.7 Å². The fourth-order valence-electron chi connectivity index (χ4n) is 3.86. The van der Waals surface area contributed by atoms with Crippen LogP contribution in [0.3, 0.4) is 0 Å². The van der Waals surface area contributed by atoms with Gasteiger partial charge in [0.1, 0.15) is 11.6 Å². The molecule has 3 aromatic rings. The summed E-state index contributed by atoms with van der Waals surface area (Å²) in [6.45, 7) is 7.79. The number of nitrogens with zero attached hydrogens (tertiary/aromatic N) is 2. The number of aryl methyl sites for hydroxylation is 2. The predicted octanol–water partition coefficient (Wildman–Crippen LogP) is 4.09. The lowest BCUT2D eigenvalue weighted by molar-refractivity contribution is -0.130. The Labute approximate surface area is 181 Å². The van der Waals surface area contributed by atoms with E-state index in [0.29, 0.717) is 18.1 Å². The van der Waals surface area contributed by atoms with Gasteiger partial charge in [0, 0.05) is 43.2 Å². The number of fused-ring (bicyclic) bond motifs is 1. The van der Waals surface area contributed by atoms with Gasteiger partial charge >= 0.3 is 0 Å². The molecule has 1 aliphatic heterocycles. The van der Waals surface area contributed by atoms with E-state index in [1.807, 2.05) is 42.2 Å². The number of aromatic nitrogens is 2. The zero-order chi connectivity index (χ0) is 21.1. The number of ether oxygens (including phenoxy) is 1. The Balaban J connectivity index is 1.39. The van der Waals surface area contributed by atoms with Crippen LogP contribution in [0.25, 0.3) is 22.4 Å². The predicted molar refractivity (Wildman–Crippen MR) is 120 cm³/mol. The second-order valence-electron chi connectivity index (χ2n) is 7.76. The summed E-state index contributed by atoms with van der Waals surface area (Å²) in [5.74, 6) is 1.88. The molecule has 6 nitrogen and oxygen atoms in total. The molecule has 1 amide bonds. The summed E-state index contributed by atoms with van der Waals surface area (Å²) < 4.78 is 5.93. The van der Waals surface area contributed by atoms with Crippen LogP contribution >= 0.6 is 11.6 Å². The minimum Gasteiger partial charge on any atom is -0.494 e. The molecule has 0 radical (unpaired) electrons. The highest BCUT2D eigenvalue weighted by Gasteiger charge is 2.15. The number of carbonyl (C=O) groups excluding carboxylic acids is 1. The molecule has 0 atom stereocenters. The first-order valence-electron chi connectivity index (χ1n) is 10.4. The molecule has 158 valence electrons. The standard InChI is InChI=1S/C23H27ClN4O2/c1-15-13-18(30-11-3-9-28-10-8-25-7-6-21(28)29)4-5-19(15)23-26-20-14-17(24)12-16(2)22(20)27-23/h4-5,12-14,25H,3,6-11H2,1-2H3,(H,26,27). The van der Waals surface area contributed by atoms with Gasteiger partial charge in [0.2, 0.25) is 5.91 Å². The number of H-pyrrole nitrogens is 1. The molecule has 30 heavy (non-hydrogen) atoms. The molecule has 0 saturated carbocycles. The van der Waals surface area contributed by atoms with Crippen LogP contribution in [-0.4, -0.2) is 53.6 Å². The van der Waals surface area contributed by atoms with E-state index in [0.717, 1.165) is 71.9 Å². The third-order valence-electron chi connectivity index (χ3n) is 5.46. The minimum absolute atomic E-state index is 0.225. The number of benzene rings is 2. The first-order valence-corrected chi connectivity index (χ1v) is 10.8. The third kappa shape index (κ3) is 4.60. The number of hydrogen-bond donors (Lipinski definition) is 2. The summed E-state index contributed by atoms with van der Waals surface area (Å²) in [4.78, 5) is 22.1. The SMILES string of the molecule is Cc1cc(OCCCN2CCNCCC2=O)ccc1-c1nc2c(C)cc(Cl)cc2[nH]1. The molecular formula is C23H27ClN4O2. The first-order chi connectivity index (χ1) is 14.5. The second-order valence-corrected chi connectivity index (χ2v) is 8.20. The molecule has 1 saturated heterocycles. The number of imidazole rings is 1. The van der Waals surface area contributed by atoms with Crippen molar-refractivity contribution >= 4 is 28.5 Å². The monoisotopic (exact) mass is 426 g/mol. The molecule has 1 fully saturated rings. The smallest absolute Gasteiger partial charge is 0.223 e. The van der Waals surface area contributed by atoms with Gasteiger partial charge in [-0.1, -0.05) is 11.6 Å². The molecule has 0 unspecified atom stereocenters. The van der Waals surface area contributed by atoms with Crippen LogP contribution in [0.2, 0.25) is 5.02 Å². The molecule has 1 aliphatic rings. The van der Waals surface area contributed by atoms with Crippen molar-refractivity contribution in [2.75, 3.05) is 32.8 Å². The molecule has 2 N–H and O–H groups in total. The van der Waals surface area contributed by atoms with Crippen molar-refractivity contribution in [3.8, 4) is 17.1 Å². The van der Waals surface area contributed by atoms with Crippen LogP contribution in [0.4, 0.5) is 0 Å². The Kier molecular flexibility index (Phi) is 6.25. The van der Waals surface area contributed by atoms with E-state index in [1.54, 1.807) is 0 Å². The molecule has 2 aromatic carbocycles. The second kappa shape index (κ2) is 9.06. The van der Waals surface area contributed by atoms with Gasteiger partial charge in [-0.2, -0.15) is 0 Å². The summed E-state index contributed by atoms with van der Waals surface area (Å²) in [6, 6.07) is 9.86. The number of aromatic amines is 1. The zero-order valence-corrected chi connectivity index (χ0v) is 18.2. The largest absolute Gasteiger partial charge is 0.494 e. The van der Waals surface area contributed by atoms with Crippen LogP contribution < -0.4 is 10.1 Å². The Hall–Kier alpha value is -2.57. The summed E-state index contributed by atoms with van der Waals surface area (Å²) in [6.07, 6.45) is 1.39. The zero-order valence-electron chi connectivity index (χ0n) is 17.4. The Morgan fingerprint density at radius 1 is 1.17 bits per heavy atom. The molecular weight excluding hydrogens is 400 g/mol. The fraction of sp³-hybridized carbons (Fsp3) is 0.391. The number of halogens is 1. The first kappa shape index (κ1) is 20.7. The van der Waals surface area contributed by atoms with Crippen molar-refractivity contribution < 1.29 is 9.53 Å². The quantitative estimate of drug-likeness (QED) is 0.582. The van der Waals surface area contributed by atoms with Gasteiger partial charge in [0.15, 0.2) is 0 Å². The van der Waals surface area contributed by atoms with Crippen LogP contribution in [0, 0.1) is 13.8 Å². The van der Waals surface area contributed by atoms with Crippen LogP contribution in [-0.2, 0) is 4.79 Å². The lowest BCUT2D eigenvalue weighted by Gasteiger charge is -2.20. The number of carbonyl (C=O) groups is 1. The minimum atomic E-state index is 0.225. The van der Waals surface area contributed by atoms with E-state index in [2.05, 4.69) is 17.2 Å². The topological polar surface area (TPSA) is 70.2 Å². The Bertz CT molecular complexity index is 1060. The van der Waals surface area contributed by atoms with E-state index in [1.165, 1.54) is 0 Å². The van der Waals surface area contributed by atoms with Gasteiger partial charge in [-0.05, 0) is 61.7 Å². The highest BCUT2D eigenvalue weighted by molar-refractivity contribution is 6.31. The molecule has 2 heterocycles. The van der Waals surface area contributed by atoms with Crippen molar-refractivity contribution in [1.29, 1.82) is 0 Å². The highest BCUT2D eigenvalue weighted by Crippen LogP contribution is 2.29. The van der Waals surface area contributed by atoms with Gasteiger partial charge in [-0.3, -0.25) is 4.79 Å². The Morgan fingerprint density at radius 3 is 2.87 bits per heavy atom. The lowest BCUT2D eigenvalue weighted by atomic mass is 10.1. The van der Waals surface area contributed by atoms with Crippen LogP contribution in [0.5, 0.6) is 5.75 Å². The van der Waals surface area contributed by atoms with Gasteiger partial charge in [-0.15, -0.1) is 0 Å². The van der Waals surface area contributed by atoms with Crippen molar-refractivity contribution in [3.05, 3.63) is 46.5 Å². The maximum Gasteiger partial charge on any atom is 0.223 e. The number of amides is 1. The van der Waals surface area contributed by atoms with Gasteiger partial charge in [0.05, 0.1) is 17.6 Å². The number of rotatable bonds is 6. The molecule has 4 rings (SSSR count). The Morgan fingerprint density at radius 2 is 2.03 bits per heavy atom. The van der Waals surface area contributed by atoms with Crippen molar-refractivity contribution in [1.82, 2.24) is 20.2 Å². The third-order valence-corrected chi connectivity index (χ3v) is 5.68. The molecule has 0 aliphatic carbocycles. The highest BCUT2D eigenvalue weighted by atomic mass is 35.5. The van der Waals surface area contributed by atoms with E-state index in [-0.39, 0.29) is 5.91 Å². The molecule has 0 bridgehead atoms. The van der Waals surface area contributed by atoms with E-state index in [4.69, 9.17) is 21.3 Å². The van der Waals surface area contributed by atoms with Crippen LogP contribution in [0.15, 0.2) is 30.3 Å². The lowest BCUT2D eigenvalue weighted by Crippen LogP contribution is -2.33. The van der Waals surface area contributed by atoms with Crippen LogP contribution in [0.1, 0.15) is 24.0 Å². The van der Waals surface area contributed by atoms with Gasteiger partial charge in [0.25, 0.3) is 0 Å². The maximum atomic E-state index is 12.0. The van der Waals surface area contributed by atoms with E-state index >= 15 is 0 Å². The number of hydrogen-bond acceptors (Lipinski definition) is 4. The summed E-state index contributed by atoms with van der Waals surface area (Å²) >= 11 is 6.17. The fourth-order valence-corrected chi connectivity index (χ4v) is 4.14. The normalized spacial score (nSPS) is 14.9. The summed E-state index contributed by atoms with van der Waals surface area (Å²) in [5, 5.41) is 3.96. The summed E-state index contributed by atoms with van der Waals surface area (Å²) in [5.41, 5.74) is 5.05. The average Bonchev–Trinajstić information content (AvgIpc) is 3.02. The number of nitrogens with one attached hydrogen (secondary N) is 2. The summed E-state index contributed by atoms with van der Waals surface area (Å²) in [7, 11) is 0. The van der Waals surface area contributed by atoms with E-state index in [9.17, 15) is 4.79 Å². The van der Waals surface area contributed by atoms with E-state index < -0.39 is 0 Å². The molecule has 0 spiro atoms. The van der Waals surface area contributed by atoms with Gasteiger partial charge < -0.3 is 19.9 Å². The molecule has 1 aromatic heterocycles.